The van der Waals surface area contributed by atoms with E-state index in [-0.39, 0.29) is 5.91 Å². The molecule has 1 heterocycles. The first-order chi connectivity index (χ1) is 10.0. The molecule has 1 aromatic rings. The number of likely N-dealkylation sites (tertiary alicyclic amines) is 1. The number of hydrogen-bond acceptors (Lipinski definition) is 2. The Morgan fingerprint density at radius 1 is 1.43 bits per heavy atom. The minimum Gasteiger partial charge on any atom is -0.478 e. The first-order valence-electron chi connectivity index (χ1n) is 7.35. The van der Waals surface area contributed by atoms with Crippen LogP contribution in [0.1, 0.15) is 47.7 Å². The summed E-state index contributed by atoms with van der Waals surface area (Å²) in [5.41, 5.74) is 2.33. The average Bonchev–Trinajstić information content (AvgIpc) is 2.94. The number of amides is 1. The minimum absolute atomic E-state index is 0.0578. The Bertz CT molecular complexity index is 577. The molecular weight excluding hydrogens is 266 g/mol. The van der Waals surface area contributed by atoms with Crippen LogP contribution in [0.3, 0.4) is 0 Å². The van der Waals surface area contributed by atoms with Crippen molar-refractivity contribution >= 4 is 18.0 Å². The van der Waals surface area contributed by atoms with Gasteiger partial charge in [-0.15, -0.1) is 0 Å². The number of aryl methyl sites for hydroxylation is 1. The number of carbonyl (C=O) groups is 2. The predicted molar refractivity (Wildman–Crippen MR) is 82.2 cm³/mol. The summed E-state index contributed by atoms with van der Waals surface area (Å²) in [6.07, 6.45) is 5.70. The van der Waals surface area contributed by atoms with Crippen LogP contribution in [-0.4, -0.2) is 34.5 Å². The monoisotopic (exact) mass is 287 g/mol. The predicted octanol–water partition coefficient (Wildman–Crippen LogP) is 3.11. The third-order valence-electron chi connectivity index (χ3n) is 4.02. The van der Waals surface area contributed by atoms with E-state index in [1.807, 2.05) is 24.0 Å². The summed E-state index contributed by atoms with van der Waals surface area (Å²) in [6.45, 7) is 4.83. The van der Waals surface area contributed by atoms with Crippen molar-refractivity contribution in [2.24, 2.45) is 0 Å². The highest BCUT2D eigenvalue weighted by atomic mass is 16.4. The van der Waals surface area contributed by atoms with Crippen molar-refractivity contribution in [3.05, 3.63) is 41.0 Å². The van der Waals surface area contributed by atoms with Crippen LogP contribution < -0.4 is 0 Å². The summed E-state index contributed by atoms with van der Waals surface area (Å²) >= 11 is 0. The van der Waals surface area contributed by atoms with Gasteiger partial charge in [-0.05, 0) is 49.5 Å². The molecule has 1 fully saturated rings. The van der Waals surface area contributed by atoms with Crippen LogP contribution in [0.5, 0.6) is 0 Å². The topological polar surface area (TPSA) is 57.6 Å². The fraction of sp³-hybridized carbons (Fsp3) is 0.412. The molecule has 1 amide bonds. The maximum atomic E-state index is 12.7. The second kappa shape index (κ2) is 6.57. The van der Waals surface area contributed by atoms with E-state index in [1.54, 1.807) is 6.07 Å². The zero-order chi connectivity index (χ0) is 15.4. The fourth-order valence-electron chi connectivity index (χ4n) is 2.82. The Balaban J connectivity index is 2.27. The third kappa shape index (κ3) is 3.51. The average molecular weight is 287 g/mol. The summed E-state index contributed by atoms with van der Waals surface area (Å²) in [7, 11) is 0. The van der Waals surface area contributed by atoms with Gasteiger partial charge in [-0.3, -0.25) is 4.79 Å². The largest absolute Gasteiger partial charge is 0.478 e. The van der Waals surface area contributed by atoms with Crippen molar-refractivity contribution in [1.82, 2.24) is 4.90 Å². The van der Waals surface area contributed by atoms with Crippen molar-refractivity contribution in [1.29, 1.82) is 0 Å². The van der Waals surface area contributed by atoms with Crippen molar-refractivity contribution in [2.75, 3.05) is 6.54 Å². The van der Waals surface area contributed by atoms with Crippen molar-refractivity contribution < 1.29 is 14.7 Å². The van der Waals surface area contributed by atoms with Gasteiger partial charge in [-0.2, -0.15) is 0 Å². The van der Waals surface area contributed by atoms with Gasteiger partial charge in [-0.1, -0.05) is 19.1 Å². The van der Waals surface area contributed by atoms with Gasteiger partial charge in [0.1, 0.15) is 0 Å². The lowest BCUT2D eigenvalue weighted by molar-refractivity contribution is -0.131. The molecule has 1 aliphatic heterocycles. The van der Waals surface area contributed by atoms with Gasteiger partial charge in [0.05, 0.1) is 0 Å². The van der Waals surface area contributed by atoms with Gasteiger partial charge in [-0.25, -0.2) is 4.79 Å². The van der Waals surface area contributed by atoms with Gasteiger partial charge in [0, 0.05) is 24.2 Å². The Morgan fingerprint density at radius 2 is 2.19 bits per heavy atom. The highest BCUT2D eigenvalue weighted by molar-refractivity contribution is 5.97. The van der Waals surface area contributed by atoms with E-state index in [2.05, 4.69) is 6.92 Å². The number of carboxylic acid groups (broad SMARTS) is 1. The number of rotatable bonds is 4. The molecule has 112 valence electrons. The summed E-state index contributed by atoms with van der Waals surface area (Å²) in [5, 5.41) is 8.69. The second-order valence-corrected chi connectivity index (χ2v) is 5.45. The first-order valence-corrected chi connectivity index (χ1v) is 7.35. The molecule has 0 bridgehead atoms. The van der Waals surface area contributed by atoms with Gasteiger partial charge < -0.3 is 10.0 Å². The van der Waals surface area contributed by atoms with E-state index in [0.29, 0.717) is 11.6 Å². The number of benzene rings is 1. The molecule has 1 saturated heterocycles. The normalized spacial score (nSPS) is 18.4. The summed E-state index contributed by atoms with van der Waals surface area (Å²) in [4.78, 5) is 25.3. The molecule has 1 atom stereocenters. The molecule has 2 rings (SSSR count). The lowest BCUT2D eigenvalue weighted by Gasteiger charge is -2.24. The number of carboxylic acids is 1. The van der Waals surface area contributed by atoms with Gasteiger partial charge >= 0.3 is 5.97 Å². The molecular formula is C17H21NO3. The maximum absolute atomic E-state index is 12.7. The molecule has 0 spiro atoms. The van der Waals surface area contributed by atoms with Crippen LogP contribution in [0.25, 0.3) is 6.08 Å². The minimum atomic E-state index is -0.992. The molecule has 0 saturated carbocycles. The zero-order valence-electron chi connectivity index (χ0n) is 12.5. The molecule has 0 aliphatic carbocycles. The van der Waals surface area contributed by atoms with Gasteiger partial charge in [0.25, 0.3) is 5.91 Å². The van der Waals surface area contributed by atoms with Gasteiger partial charge in [0.15, 0.2) is 0 Å². The number of nitrogens with zero attached hydrogens (tertiary/aromatic N) is 1. The molecule has 1 aromatic carbocycles. The quantitative estimate of drug-likeness (QED) is 0.866. The van der Waals surface area contributed by atoms with E-state index in [0.717, 1.165) is 43.0 Å². The lowest BCUT2D eigenvalue weighted by atomic mass is 10.0. The number of carbonyl (C=O) groups excluding carboxylic acids is 1. The van der Waals surface area contributed by atoms with E-state index < -0.39 is 5.97 Å². The van der Waals surface area contributed by atoms with Crippen LogP contribution in [-0.2, 0) is 4.79 Å². The van der Waals surface area contributed by atoms with Gasteiger partial charge in [0.2, 0.25) is 0 Å². The van der Waals surface area contributed by atoms with Crippen LogP contribution in [0.15, 0.2) is 24.3 Å². The smallest absolute Gasteiger partial charge is 0.328 e. The number of aliphatic carboxylic acids is 1. The van der Waals surface area contributed by atoms with Crippen molar-refractivity contribution in [3.8, 4) is 0 Å². The summed E-state index contributed by atoms with van der Waals surface area (Å²) in [6, 6.07) is 5.80. The van der Waals surface area contributed by atoms with E-state index in [9.17, 15) is 9.59 Å². The highest BCUT2D eigenvalue weighted by Crippen LogP contribution is 2.24. The Kier molecular flexibility index (Phi) is 4.78. The Morgan fingerprint density at radius 3 is 2.86 bits per heavy atom. The molecule has 4 nitrogen and oxygen atoms in total. The van der Waals surface area contributed by atoms with E-state index in [1.165, 1.54) is 6.08 Å². The molecule has 0 radical (unpaired) electrons. The van der Waals surface area contributed by atoms with Crippen LogP contribution >= 0.6 is 0 Å². The van der Waals surface area contributed by atoms with Crippen molar-refractivity contribution in [2.45, 2.75) is 39.2 Å². The molecule has 1 unspecified atom stereocenters. The molecule has 4 heteroatoms. The van der Waals surface area contributed by atoms with Crippen LogP contribution in [0, 0.1) is 6.92 Å². The molecule has 1 aliphatic rings. The third-order valence-corrected chi connectivity index (χ3v) is 4.02. The zero-order valence-corrected chi connectivity index (χ0v) is 12.5. The standard InChI is InChI=1S/C17H21NO3/c1-3-14-5-4-10-18(14)17(21)15-11-13(7-6-12(15)2)8-9-16(19)20/h6-9,11,14H,3-5,10H2,1-2H3,(H,19,20). The molecule has 21 heavy (non-hydrogen) atoms. The number of hydrogen-bond donors (Lipinski definition) is 1. The first kappa shape index (κ1) is 15.3. The van der Waals surface area contributed by atoms with E-state index in [4.69, 9.17) is 5.11 Å². The lowest BCUT2D eigenvalue weighted by Crippen LogP contribution is -2.35. The Hall–Kier alpha value is -2.10. The highest BCUT2D eigenvalue weighted by Gasteiger charge is 2.28. The second-order valence-electron chi connectivity index (χ2n) is 5.45. The summed E-state index contributed by atoms with van der Waals surface area (Å²) in [5.74, 6) is -0.934. The summed E-state index contributed by atoms with van der Waals surface area (Å²) < 4.78 is 0. The Labute approximate surface area is 125 Å². The van der Waals surface area contributed by atoms with E-state index >= 15 is 0 Å². The van der Waals surface area contributed by atoms with Crippen LogP contribution in [0.2, 0.25) is 0 Å². The molecule has 1 N–H and O–H groups in total. The fourth-order valence-corrected chi connectivity index (χ4v) is 2.82. The molecule has 0 aromatic heterocycles. The maximum Gasteiger partial charge on any atom is 0.328 e. The SMILES string of the molecule is CCC1CCCN1C(=O)c1cc(C=CC(=O)O)ccc1C. The van der Waals surface area contributed by atoms with Crippen molar-refractivity contribution in [3.63, 3.8) is 0 Å². The van der Waals surface area contributed by atoms with Crippen LogP contribution in [0.4, 0.5) is 0 Å².